The highest BCUT2D eigenvalue weighted by molar-refractivity contribution is 14.1. The average Bonchev–Trinajstić information content (AvgIpc) is 2.57. The summed E-state index contributed by atoms with van der Waals surface area (Å²) in [5.41, 5.74) is 0.497. The van der Waals surface area contributed by atoms with Gasteiger partial charge in [0.05, 0.1) is 5.69 Å². The van der Waals surface area contributed by atoms with Gasteiger partial charge in [-0.3, -0.25) is 0 Å². The van der Waals surface area contributed by atoms with E-state index in [2.05, 4.69) is 27.9 Å². The van der Waals surface area contributed by atoms with Crippen LogP contribution in [0.1, 0.15) is 0 Å². The van der Waals surface area contributed by atoms with E-state index in [1.807, 2.05) is 36.0 Å². The zero-order valence-electron chi connectivity index (χ0n) is 8.17. The van der Waals surface area contributed by atoms with Crippen LogP contribution in [0.25, 0.3) is 0 Å². The van der Waals surface area contributed by atoms with Crippen molar-refractivity contribution >= 4 is 34.1 Å². The lowest BCUT2D eigenvalue weighted by Gasteiger charge is -2.08. The Labute approximate surface area is 101 Å². The molecule has 15 heavy (non-hydrogen) atoms. The van der Waals surface area contributed by atoms with Crippen molar-refractivity contribution < 1.29 is 4.39 Å². The van der Waals surface area contributed by atoms with Crippen molar-refractivity contribution in [2.75, 3.05) is 5.32 Å². The molecule has 0 unspecified atom stereocenters. The minimum atomic E-state index is -0.233. The van der Waals surface area contributed by atoms with Crippen molar-refractivity contribution in [3.8, 4) is 0 Å². The Morgan fingerprint density at radius 2 is 2.13 bits per heavy atom. The number of halogens is 2. The van der Waals surface area contributed by atoms with Crippen LogP contribution in [-0.2, 0) is 7.05 Å². The first-order chi connectivity index (χ1) is 7.16. The Balaban J connectivity index is 2.29. The highest BCUT2D eigenvalue weighted by Gasteiger charge is 2.04. The molecular formula is C11H10FIN2. The van der Waals surface area contributed by atoms with Crippen molar-refractivity contribution in [2.45, 2.75) is 0 Å². The van der Waals surface area contributed by atoms with Gasteiger partial charge >= 0.3 is 0 Å². The van der Waals surface area contributed by atoms with E-state index < -0.39 is 0 Å². The maximum atomic E-state index is 13.5. The molecule has 0 aliphatic heterocycles. The van der Waals surface area contributed by atoms with Crippen LogP contribution in [0, 0.1) is 9.39 Å². The molecule has 0 saturated carbocycles. The second-order valence-corrected chi connectivity index (χ2v) is 4.50. The number of rotatable bonds is 2. The van der Waals surface area contributed by atoms with E-state index in [0.717, 1.165) is 9.39 Å². The van der Waals surface area contributed by atoms with E-state index in [0.29, 0.717) is 5.69 Å². The van der Waals surface area contributed by atoms with Crippen LogP contribution in [0.5, 0.6) is 0 Å². The summed E-state index contributed by atoms with van der Waals surface area (Å²) in [6, 6.07) is 8.93. The molecule has 1 aromatic heterocycles. The summed E-state index contributed by atoms with van der Waals surface area (Å²) in [4.78, 5) is 0. The second kappa shape index (κ2) is 4.22. The van der Waals surface area contributed by atoms with E-state index in [1.165, 1.54) is 6.07 Å². The standard InChI is InChI=1S/C11H10FIN2/c1-15-6-2-3-11(15)14-10-5-4-8(13)7-9(10)12/h2-7,14H,1H3. The van der Waals surface area contributed by atoms with Crippen LogP contribution in [-0.4, -0.2) is 4.57 Å². The van der Waals surface area contributed by atoms with Gasteiger partial charge in [0.1, 0.15) is 11.6 Å². The van der Waals surface area contributed by atoms with Crippen molar-refractivity contribution in [2.24, 2.45) is 7.05 Å². The van der Waals surface area contributed by atoms with Gasteiger partial charge in [0, 0.05) is 16.8 Å². The first kappa shape index (κ1) is 10.5. The highest BCUT2D eigenvalue weighted by Crippen LogP contribution is 2.21. The van der Waals surface area contributed by atoms with Gasteiger partial charge in [0.15, 0.2) is 0 Å². The van der Waals surface area contributed by atoms with Gasteiger partial charge in [-0.2, -0.15) is 0 Å². The van der Waals surface area contributed by atoms with E-state index in [4.69, 9.17) is 0 Å². The number of anilines is 2. The highest BCUT2D eigenvalue weighted by atomic mass is 127. The predicted molar refractivity (Wildman–Crippen MR) is 67.8 cm³/mol. The summed E-state index contributed by atoms with van der Waals surface area (Å²) in [5, 5.41) is 3.03. The summed E-state index contributed by atoms with van der Waals surface area (Å²) in [6.07, 6.45) is 1.91. The molecule has 0 radical (unpaired) electrons. The van der Waals surface area contributed by atoms with Crippen LogP contribution >= 0.6 is 22.6 Å². The third kappa shape index (κ3) is 2.31. The Bertz CT molecular complexity index is 479. The Morgan fingerprint density at radius 1 is 1.33 bits per heavy atom. The molecule has 1 N–H and O–H groups in total. The Morgan fingerprint density at radius 3 is 2.73 bits per heavy atom. The molecule has 0 aliphatic carbocycles. The normalized spacial score (nSPS) is 10.3. The van der Waals surface area contributed by atoms with Crippen molar-refractivity contribution in [1.82, 2.24) is 4.57 Å². The lowest BCUT2D eigenvalue weighted by atomic mass is 10.3. The fraction of sp³-hybridized carbons (Fsp3) is 0.0909. The van der Waals surface area contributed by atoms with Gasteiger partial charge in [-0.25, -0.2) is 4.39 Å². The average molecular weight is 316 g/mol. The molecule has 4 heteroatoms. The molecule has 0 spiro atoms. The van der Waals surface area contributed by atoms with Crippen LogP contribution in [0.3, 0.4) is 0 Å². The van der Waals surface area contributed by atoms with Crippen LogP contribution in [0.15, 0.2) is 36.5 Å². The fourth-order valence-electron chi connectivity index (χ4n) is 1.32. The molecule has 0 saturated heterocycles. The van der Waals surface area contributed by atoms with Crippen molar-refractivity contribution in [1.29, 1.82) is 0 Å². The maximum Gasteiger partial charge on any atom is 0.147 e. The Hall–Kier alpha value is -1.04. The Kier molecular flexibility index (Phi) is 2.95. The first-order valence-corrected chi connectivity index (χ1v) is 5.58. The van der Waals surface area contributed by atoms with E-state index in [9.17, 15) is 4.39 Å². The topological polar surface area (TPSA) is 17.0 Å². The molecule has 0 bridgehead atoms. The third-order valence-corrected chi connectivity index (χ3v) is 2.81. The third-order valence-electron chi connectivity index (χ3n) is 2.14. The van der Waals surface area contributed by atoms with Crippen molar-refractivity contribution in [3.63, 3.8) is 0 Å². The number of aryl methyl sites for hydroxylation is 1. The molecule has 0 fully saturated rings. The lowest BCUT2D eigenvalue weighted by Crippen LogP contribution is -1.98. The molecule has 2 aromatic rings. The summed E-state index contributed by atoms with van der Waals surface area (Å²) in [5.74, 6) is 0.637. The smallest absolute Gasteiger partial charge is 0.147 e. The molecule has 2 nitrogen and oxygen atoms in total. The SMILES string of the molecule is Cn1cccc1Nc1ccc(I)cc1F. The van der Waals surface area contributed by atoms with Crippen LogP contribution in [0.2, 0.25) is 0 Å². The molecule has 1 heterocycles. The molecule has 78 valence electrons. The second-order valence-electron chi connectivity index (χ2n) is 3.25. The molecule has 2 rings (SSSR count). The van der Waals surface area contributed by atoms with Gasteiger partial charge in [-0.15, -0.1) is 0 Å². The molecule has 0 amide bonds. The van der Waals surface area contributed by atoms with Gasteiger partial charge in [-0.05, 0) is 52.9 Å². The largest absolute Gasteiger partial charge is 0.339 e. The molecule has 0 atom stereocenters. The predicted octanol–water partition coefficient (Wildman–Crippen LogP) is 3.51. The first-order valence-electron chi connectivity index (χ1n) is 4.50. The molecule has 1 aromatic carbocycles. The number of benzene rings is 1. The van der Waals surface area contributed by atoms with E-state index >= 15 is 0 Å². The molecule has 0 aliphatic rings. The number of hydrogen-bond acceptors (Lipinski definition) is 1. The number of nitrogens with one attached hydrogen (secondary N) is 1. The maximum absolute atomic E-state index is 13.5. The number of aromatic nitrogens is 1. The van der Waals surface area contributed by atoms with Gasteiger partial charge < -0.3 is 9.88 Å². The van der Waals surface area contributed by atoms with Crippen molar-refractivity contribution in [3.05, 3.63) is 45.9 Å². The zero-order chi connectivity index (χ0) is 10.8. The van der Waals surface area contributed by atoms with Gasteiger partial charge in [0.2, 0.25) is 0 Å². The number of nitrogens with zero attached hydrogens (tertiary/aromatic N) is 1. The molecular weight excluding hydrogens is 306 g/mol. The zero-order valence-corrected chi connectivity index (χ0v) is 10.3. The summed E-state index contributed by atoms with van der Waals surface area (Å²) >= 11 is 2.09. The lowest BCUT2D eigenvalue weighted by molar-refractivity contribution is 0.630. The minimum absolute atomic E-state index is 0.233. The minimum Gasteiger partial charge on any atom is -0.339 e. The van der Waals surface area contributed by atoms with E-state index in [1.54, 1.807) is 6.07 Å². The van der Waals surface area contributed by atoms with Crippen LogP contribution < -0.4 is 5.32 Å². The van der Waals surface area contributed by atoms with E-state index in [-0.39, 0.29) is 5.82 Å². The summed E-state index contributed by atoms with van der Waals surface area (Å²) in [6.45, 7) is 0. The quantitative estimate of drug-likeness (QED) is 0.839. The van der Waals surface area contributed by atoms with Gasteiger partial charge in [0.25, 0.3) is 0 Å². The summed E-state index contributed by atoms with van der Waals surface area (Å²) in [7, 11) is 1.91. The number of hydrogen-bond donors (Lipinski definition) is 1. The van der Waals surface area contributed by atoms with Crippen LogP contribution in [0.4, 0.5) is 15.9 Å². The fourth-order valence-corrected chi connectivity index (χ4v) is 1.77. The van der Waals surface area contributed by atoms with Gasteiger partial charge in [-0.1, -0.05) is 0 Å². The summed E-state index contributed by atoms with van der Waals surface area (Å²) < 4.78 is 16.3. The monoisotopic (exact) mass is 316 g/mol.